The molecule has 4 rings (SSSR count). The van der Waals surface area contributed by atoms with E-state index >= 15 is 0 Å². The third kappa shape index (κ3) is 5.33. The normalized spacial score (nSPS) is 15.1. The van der Waals surface area contributed by atoms with E-state index in [-0.39, 0.29) is 18.4 Å². The van der Waals surface area contributed by atoms with E-state index in [1.54, 1.807) is 37.7 Å². The quantitative estimate of drug-likeness (QED) is 0.522. The average Bonchev–Trinajstić information content (AvgIpc) is 3.35. The number of amides is 2. The van der Waals surface area contributed by atoms with Gasteiger partial charge in [0.15, 0.2) is 5.65 Å². The highest BCUT2D eigenvalue weighted by molar-refractivity contribution is 9.10. The molecular weight excluding hydrogens is 492 g/mol. The summed E-state index contributed by atoms with van der Waals surface area (Å²) in [5.41, 5.74) is 0.240. The predicted octanol–water partition coefficient (Wildman–Crippen LogP) is 2.54. The molecule has 1 fully saturated rings. The zero-order valence-electron chi connectivity index (χ0n) is 19.1. The molecule has 11 nitrogen and oxygen atoms in total. The van der Waals surface area contributed by atoms with Crippen molar-refractivity contribution in [3.63, 3.8) is 0 Å². The maximum Gasteiger partial charge on any atom is 0.422 e. The van der Waals surface area contributed by atoms with Crippen LogP contribution >= 0.6 is 15.9 Å². The van der Waals surface area contributed by atoms with Crippen LogP contribution in [-0.2, 0) is 16.1 Å². The van der Waals surface area contributed by atoms with Crippen LogP contribution in [0, 0.1) is 0 Å². The van der Waals surface area contributed by atoms with Gasteiger partial charge in [-0.05, 0) is 55.9 Å². The van der Waals surface area contributed by atoms with Crippen molar-refractivity contribution in [2.24, 2.45) is 0 Å². The molecule has 1 aliphatic rings. The Labute approximate surface area is 200 Å². The second kappa shape index (κ2) is 9.10. The van der Waals surface area contributed by atoms with Crippen LogP contribution in [0.2, 0.25) is 0 Å². The van der Waals surface area contributed by atoms with Crippen molar-refractivity contribution >= 4 is 45.2 Å². The van der Waals surface area contributed by atoms with Crippen LogP contribution in [0.25, 0.3) is 5.65 Å². The summed E-state index contributed by atoms with van der Waals surface area (Å²) < 4.78 is 9.42. The van der Waals surface area contributed by atoms with Gasteiger partial charge in [0, 0.05) is 38.6 Å². The summed E-state index contributed by atoms with van der Waals surface area (Å²) in [5.74, 6) is 0.123. The van der Waals surface area contributed by atoms with E-state index in [2.05, 4.69) is 36.0 Å². The summed E-state index contributed by atoms with van der Waals surface area (Å²) in [6.07, 6.45) is 4.22. The molecule has 12 heteroatoms. The highest BCUT2D eigenvalue weighted by Crippen LogP contribution is 2.27. The Hall–Kier alpha value is -2.99. The van der Waals surface area contributed by atoms with Gasteiger partial charge in [-0.3, -0.25) is 9.48 Å². The van der Waals surface area contributed by atoms with E-state index in [0.29, 0.717) is 24.4 Å². The van der Waals surface area contributed by atoms with Crippen LogP contribution in [0.1, 0.15) is 20.8 Å². The number of carbonyl (C=O) groups excluding carboxylic acids is 2. The summed E-state index contributed by atoms with van der Waals surface area (Å²) in [5, 5.41) is 8.74. The number of likely N-dealkylation sites (N-methyl/N-ethyl adjacent to an activating group) is 1. The first-order chi connectivity index (χ1) is 15.6. The molecule has 0 atom stereocenters. The fraction of sp³-hybridized carbons (Fsp3) is 0.476. The number of halogens is 1. The van der Waals surface area contributed by atoms with Crippen molar-refractivity contribution in [2.75, 3.05) is 38.1 Å². The van der Waals surface area contributed by atoms with Crippen molar-refractivity contribution in [2.45, 2.75) is 32.9 Å². The molecule has 0 aromatic carbocycles. The number of pyridine rings is 1. The third-order valence-electron chi connectivity index (χ3n) is 5.11. The lowest BCUT2D eigenvalue weighted by Crippen LogP contribution is -2.48. The van der Waals surface area contributed by atoms with Gasteiger partial charge in [-0.1, -0.05) is 0 Å². The summed E-state index contributed by atoms with van der Waals surface area (Å²) in [4.78, 5) is 35.6. The minimum absolute atomic E-state index is 0.0173. The fourth-order valence-electron chi connectivity index (χ4n) is 3.42. The number of rotatable bonds is 4. The zero-order chi connectivity index (χ0) is 23.8. The molecule has 1 aliphatic heterocycles. The first-order valence-corrected chi connectivity index (χ1v) is 11.4. The van der Waals surface area contributed by atoms with Crippen LogP contribution in [-0.4, -0.2) is 85.0 Å². The number of anilines is 2. The lowest BCUT2D eigenvalue weighted by molar-refractivity contribution is -0.133. The maximum absolute atomic E-state index is 13.1. The average molecular weight is 519 g/mol. The molecule has 0 aliphatic carbocycles. The van der Waals surface area contributed by atoms with Gasteiger partial charge in [0.2, 0.25) is 5.91 Å². The van der Waals surface area contributed by atoms with Gasteiger partial charge in [0.25, 0.3) is 5.95 Å². The fourth-order valence-corrected chi connectivity index (χ4v) is 3.84. The topological polar surface area (TPSA) is 101 Å². The number of hydrogen-bond acceptors (Lipinski definition) is 7. The van der Waals surface area contributed by atoms with E-state index in [9.17, 15) is 9.59 Å². The van der Waals surface area contributed by atoms with Gasteiger partial charge < -0.3 is 14.5 Å². The highest BCUT2D eigenvalue weighted by Gasteiger charge is 2.30. The molecule has 0 radical (unpaired) electrons. The molecule has 3 aromatic heterocycles. The van der Waals surface area contributed by atoms with E-state index in [1.165, 1.54) is 15.8 Å². The van der Waals surface area contributed by atoms with Gasteiger partial charge in [-0.2, -0.15) is 10.1 Å². The highest BCUT2D eigenvalue weighted by atomic mass is 79.9. The first-order valence-electron chi connectivity index (χ1n) is 10.6. The molecule has 0 bridgehead atoms. The third-order valence-corrected chi connectivity index (χ3v) is 5.73. The molecule has 0 unspecified atom stereocenters. The zero-order valence-corrected chi connectivity index (χ0v) is 20.7. The number of carbonyl (C=O) groups is 2. The van der Waals surface area contributed by atoms with Crippen LogP contribution in [0.4, 0.5) is 16.4 Å². The molecular formula is C21H27BrN8O3. The van der Waals surface area contributed by atoms with Gasteiger partial charge in [0.05, 0.1) is 16.4 Å². The van der Waals surface area contributed by atoms with Crippen LogP contribution < -0.4 is 4.90 Å². The number of aromatic nitrogens is 5. The van der Waals surface area contributed by atoms with Gasteiger partial charge in [-0.25, -0.2) is 14.2 Å². The minimum atomic E-state index is -0.720. The van der Waals surface area contributed by atoms with E-state index in [1.807, 2.05) is 24.1 Å². The Bertz CT molecular complexity index is 1160. The van der Waals surface area contributed by atoms with Crippen LogP contribution in [0.15, 0.2) is 35.2 Å². The lowest BCUT2D eigenvalue weighted by Gasteiger charge is -2.32. The van der Waals surface area contributed by atoms with Crippen molar-refractivity contribution in [3.8, 4) is 0 Å². The molecule has 3 aromatic rings. The summed E-state index contributed by atoms with van der Waals surface area (Å²) in [7, 11) is 2.04. The number of ether oxygens (including phenoxy) is 1. The number of nitrogens with zero attached hydrogens (tertiary/aromatic N) is 8. The Morgan fingerprint density at radius 2 is 1.94 bits per heavy atom. The summed E-state index contributed by atoms with van der Waals surface area (Å²) in [6, 6.07) is 3.66. The van der Waals surface area contributed by atoms with Gasteiger partial charge in [0.1, 0.15) is 12.1 Å². The first kappa shape index (κ1) is 23.2. The monoisotopic (exact) mass is 518 g/mol. The van der Waals surface area contributed by atoms with E-state index < -0.39 is 11.7 Å². The molecule has 2 amide bonds. The molecule has 0 saturated carbocycles. The molecule has 4 heterocycles. The second-order valence-electron chi connectivity index (χ2n) is 8.93. The second-order valence-corrected chi connectivity index (χ2v) is 9.79. The molecule has 0 spiro atoms. The Morgan fingerprint density at radius 1 is 1.21 bits per heavy atom. The Kier molecular flexibility index (Phi) is 6.39. The van der Waals surface area contributed by atoms with Crippen molar-refractivity contribution in [1.29, 1.82) is 0 Å². The number of fused-ring (bicyclic) bond motifs is 1. The van der Waals surface area contributed by atoms with E-state index in [4.69, 9.17) is 4.74 Å². The maximum atomic E-state index is 13.1. The lowest BCUT2D eigenvalue weighted by atomic mass is 10.2. The molecule has 0 N–H and O–H groups in total. The van der Waals surface area contributed by atoms with Crippen molar-refractivity contribution in [3.05, 3.63) is 35.2 Å². The van der Waals surface area contributed by atoms with E-state index in [0.717, 1.165) is 17.6 Å². The Morgan fingerprint density at radius 3 is 2.61 bits per heavy atom. The largest absolute Gasteiger partial charge is 0.443 e. The number of hydrogen-bond donors (Lipinski definition) is 0. The predicted molar refractivity (Wildman–Crippen MR) is 125 cm³/mol. The standard InChI is InChI=1S/C21H27BrN8O3/c1-21(2,3)33-20(32)30(19-24-18-16(22)6-5-7-29(18)25-19)15-12-23-28(13-15)14-17(31)27-10-8-26(4)9-11-27/h5-7,12-13H,8-11,14H2,1-4H3. The van der Waals surface area contributed by atoms with Crippen molar-refractivity contribution < 1.29 is 14.3 Å². The SMILES string of the molecule is CN1CCN(C(=O)Cn2cc(N(C(=O)OC(C)(C)C)c3nc4c(Br)cccn4n3)cn2)CC1. The minimum Gasteiger partial charge on any atom is -0.443 e. The smallest absolute Gasteiger partial charge is 0.422 e. The summed E-state index contributed by atoms with van der Waals surface area (Å²) in [6.45, 7) is 8.51. The van der Waals surface area contributed by atoms with Gasteiger partial charge in [-0.15, -0.1) is 5.10 Å². The molecule has 33 heavy (non-hydrogen) atoms. The van der Waals surface area contributed by atoms with Crippen molar-refractivity contribution in [1.82, 2.24) is 34.2 Å². The Balaban J connectivity index is 1.61. The molecule has 176 valence electrons. The van der Waals surface area contributed by atoms with Crippen LogP contribution in [0.3, 0.4) is 0 Å². The summed E-state index contributed by atoms with van der Waals surface area (Å²) >= 11 is 3.45. The van der Waals surface area contributed by atoms with Crippen LogP contribution in [0.5, 0.6) is 0 Å². The van der Waals surface area contributed by atoms with Gasteiger partial charge >= 0.3 is 6.09 Å². The number of piperazine rings is 1. The molecule has 1 saturated heterocycles.